The van der Waals surface area contributed by atoms with Crippen LogP contribution >= 0.6 is 0 Å². The van der Waals surface area contributed by atoms with Gasteiger partial charge in [-0.05, 0) is 48.9 Å². The van der Waals surface area contributed by atoms with Gasteiger partial charge in [-0.2, -0.15) is 8.78 Å². The van der Waals surface area contributed by atoms with E-state index < -0.39 is 24.7 Å². The summed E-state index contributed by atoms with van der Waals surface area (Å²) in [6.45, 7) is -1.09. The number of carbonyl (C=O) groups excluding carboxylic acids is 3. The van der Waals surface area contributed by atoms with Crippen LogP contribution in [0, 0.1) is 0 Å². The Balaban J connectivity index is 1.86. The lowest BCUT2D eigenvalue weighted by Crippen LogP contribution is -2.31. The van der Waals surface area contributed by atoms with Crippen LogP contribution in [-0.2, 0) is 9.53 Å². The second-order valence-electron chi connectivity index (χ2n) is 6.43. The maximum atomic E-state index is 12.3. The molecule has 0 fully saturated rings. The number of anilines is 1. The number of halogens is 2. The van der Waals surface area contributed by atoms with Crippen LogP contribution in [0.1, 0.15) is 35.3 Å². The molecule has 1 unspecified atom stereocenters. The summed E-state index contributed by atoms with van der Waals surface area (Å²) in [6.07, 6.45) is 0.0669. The van der Waals surface area contributed by atoms with Crippen LogP contribution in [0.15, 0.2) is 48.5 Å². The van der Waals surface area contributed by atoms with Crippen LogP contribution in [0.25, 0.3) is 0 Å². The number of urea groups is 1. The standard InChI is InChI=1S/C21H23F2N3O5/c1-13(15-4-3-5-17(12-15)31-20(22)23)25-21(29)26-16-8-6-14(7-9-16)19(28)24-11-10-18(27)30-2/h3-9,12-13,20H,10-11H2,1-2H3,(H,24,28)(H2,25,26,29). The van der Waals surface area contributed by atoms with Gasteiger partial charge in [0.05, 0.1) is 19.6 Å². The molecule has 0 bridgehead atoms. The average molecular weight is 435 g/mol. The molecule has 10 heteroatoms. The molecule has 0 aliphatic rings. The van der Waals surface area contributed by atoms with Crippen molar-refractivity contribution in [3.05, 3.63) is 59.7 Å². The van der Waals surface area contributed by atoms with Gasteiger partial charge in [0.2, 0.25) is 0 Å². The van der Waals surface area contributed by atoms with Crippen molar-refractivity contribution in [2.45, 2.75) is 26.0 Å². The summed E-state index contributed by atoms with van der Waals surface area (Å²) in [5, 5.41) is 7.91. The van der Waals surface area contributed by atoms with Gasteiger partial charge in [0, 0.05) is 17.8 Å². The molecular formula is C21H23F2N3O5. The SMILES string of the molecule is COC(=O)CCNC(=O)c1ccc(NC(=O)NC(C)c2cccc(OC(F)F)c2)cc1. The van der Waals surface area contributed by atoms with Gasteiger partial charge in [-0.3, -0.25) is 9.59 Å². The Morgan fingerprint density at radius 3 is 2.42 bits per heavy atom. The Hall–Kier alpha value is -3.69. The average Bonchev–Trinajstić information content (AvgIpc) is 2.73. The highest BCUT2D eigenvalue weighted by Gasteiger charge is 2.13. The monoisotopic (exact) mass is 435 g/mol. The Labute approximate surface area is 177 Å². The molecule has 2 rings (SSSR count). The van der Waals surface area contributed by atoms with Gasteiger partial charge in [0.25, 0.3) is 5.91 Å². The molecule has 31 heavy (non-hydrogen) atoms. The first-order chi connectivity index (χ1) is 14.8. The van der Waals surface area contributed by atoms with Crippen LogP contribution in [0.2, 0.25) is 0 Å². The lowest BCUT2D eigenvalue weighted by Gasteiger charge is -2.16. The Morgan fingerprint density at radius 1 is 1.06 bits per heavy atom. The highest BCUT2D eigenvalue weighted by atomic mass is 19.3. The van der Waals surface area contributed by atoms with E-state index in [1.807, 2.05) is 0 Å². The number of carbonyl (C=O) groups is 3. The molecule has 166 valence electrons. The highest BCUT2D eigenvalue weighted by molar-refractivity contribution is 5.95. The topological polar surface area (TPSA) is 106 Å². The molecule has 0 aromatic heterocycles. The Kier molecular flexibility index (Phi) is 8.74. The van der Waals surface area contributed by atoms with E-state index in [4.69, 9.17) is 0 Å². The van der Waals surface area contributed by atoms with E-state index in [1.165, 1.54) is 31.4 Å². The van der Waals surface area contributed by atoms with Gasteiger partial charge in [0.15, 0.2) is 0 Å². The van der Waals surface area contributed by atoms with Crippen molar-refractivity contribution in [2.75, 3.05) is 19.0 Å². The minimum absolute atomic E-state index is 0.00186. The van der Waals surface area contributed by atoms with E-state index in [1.54, 1.807) is 31.2 Å². The molecule has 0 aliphatic carbocycles. The molecule has 3 N–H and O–H groups in total. The number of hydrogen-bond donors (Lipinski definition) is 3. The van der Waals surface area contributed by atoms with Crippen LogP contribution < -0.4 is 20.7 Å². The summed E-state index contributed by atoms with van der Waals surface area (Å²) in [7, 11) is 1.27. The van der Waals surface area contributed by atoms with E-state index in [0.29, 0.717) is 16.8 Å². The van der Waals surface area contributed by atoms with E-state index in [-0.39, 0.29) is 24.6 Å². The molecule has 8 nitrogen and oxygen atoms in total. The van der Waals surface area contributed by atoms with E-state index in [0.717, 1.165) is 0 Å². The van der Waals surface area contributed by atoms with Gasteiger partial charge in [-0.15, -0.1) is 0 Å². The minimum Gasteiger partial charge on any atom is -0.469 e. The number of amides is 3. The maximum absolute atomic E-state index is 12.3. The van der Waals surface area contributed by atoms with Crippen molar-refractivity contribution in [3.8, 4) is 5.75 Å². The summed E-state index contributed by atoms with van der Waals surface area (Å²) in [4.78, 5) is 35.3. The van der Waals surface area contributed by atoms with Crippen molar-refractivity contribution in [1.29, 1.82) is 0 Å². The highest BCUT2D eigenvalue weighted by Crippen LogP contribution is 2.21. The molecule has 0 saturated carbocycles. The molecule has 0 aliphatic heterocycles. The molecule has 2 aromatic carbocycles. The summed E-state index contributed by atoms with van der Waals surface area (Å²) in [5.41, 5.74) is 1.40. The summed E-state index contributed by atoms with van der Waals surface area (Å²) in [5.74, 6) is -0.783. The third kappa shape index (κ3) is 7.92. The van der Waals surface area contributed by atoms with E-state index in [9.17, 15) is 23.2 Å². The molecule has 3 amide bonds. The largest absolute Gasteiger partial charge is 0.469 e. The molecule has 2 aromatic rings. The first kappa shape index (κ1) is 23.6. The van der Waals surface area contributed by atoms with Crippen LogP contribution in [0.5, 0.6) is 5.75 Å². The number of alkyl halides is 2. The third-order valence-electron chi connectivity index (χ3n) is 4.18. The summed E-state index contributed by atoms with van der Waals surface area (Å²) < 4.78 is 33.5. The fourth-order valence-corrected chi connectivity index (χ4v) is 2.59. The lowest BCUT2D eigenvalue weighted by molar-refractivity contribution is -0.140. The zero-order chi connectivity index (χ0) is 22.8. The Bertz CT molecular complexity index is 906. The van der Waals surface area contributed by atoms with Gasteiger partial charge >= 0.3 is 18.6 Å². The van der Waals surface area contributed by atoms with Crippen LogP contribution in [-0.4, -0.2) is 38.2 Å². The van der Waals surface area contributed by atoms with Crippen molar-refractivity contribution in [3.63, 3.8) is 0 Å². The van der Waals surface area contributed by atoms with Crippen molar-refractivity contribution >= 4 is 23.6 Å². The maximum Gasteiger partial charge on any atom is 0.387 e. The van der Waals surface area contributed by atoms with Crippen LogP contribution in [0.4, 0.5) is 19.3 Å². The molecule has 0 heterocycles. The molecule has 0 saturated heterocycles. The second-order valence-corrected chi connectivity index (χ2v) is 6.43. The number of methoxy groups -OCH3 is 1. The third-order valence-corrected chi connectivity index (χ3v) is 4.18. The predicted molar refractivity (Wildman–Crippen MR) is 109 cm³/mol. The number of ether oxygens (including phenoxy) is 2. The number of rotatable bonds is 9. The molecule has 1 atom stereocenters. The van der Waals surface area contributed by atoms with Gasteiger partial charge in [-0.1, -0.05) is 12.1 Å². The lowest BCUT2D eigenvalue weighted by atomic mass is 10.1. The van der Waals surface area contributed by atoms with Crippen molar-refractivity contribution in [2.24, 2.45) is 0 Å². The molecule has 0 spiro atoms. The predicted octanol–water partition coefficient (Wildman–Crippen LogP) is 3.46. The zero-order valence-electron chi connectivity index (χ0n) is 17.0. The number of benzene rings is 2. The molecular weight excluding hydrogens is 412 g/mol. The number of hydrogen-bond acceptors (Lipinski definition) is 5. The quantitative estimate of drug-likeness (QED) is 0.523. The first-order valence-electron chi connectivity index (χ1n) is 9.36. The number of nitrogens with one attached hydrogen (secondary N) is 3. The fourth-order valence-electron chi connectivity index (χ4n) is 2.59. The van der Waals surface area contributed by atoms with Crippen molar-refractivity contribution in [1.82, 2.24) is 10.6 Å². The van der Waals surface area contributed by atoms with Crippen molar-refractivity contribution < 1.29 is 32.6 Å². The Morgan fingerprint density at radius 2 is 1.77 bits per heavy atom. The van der Waals surface area contributed by atoms with Gasteiger partial charge in [-0.25, -0.2) is 4.79 Å². The normalized spacial score (nSPS) is 11.4. The summed E-state index contributed by atoms with van der Waals surface area (Å²) in [6, 6.07) is 11.2. The van der Waals surface area contributed by atoms with Gasteiger partial charge in [0.1, 0.15) is 5.75 Å². The molecule has 0 radical (unpaired) electrons. The smallest absolute Gasteiger partial charge is 0.387 e. The van der Waals surface area contributed by atoms with Gasteiger partial charge < -0.3 is 25.4 Å². The second kappa shape index (κ2) is 11.5. The van der Waals surface area contributed by atoms with E-state index >= 15 is 0 Å². The summed E-state index contributed by atoms with van der Waals surface area (Å²) >= 11 is 0. The minimum atomic E-state index is -2.93. The number of esters is 1. The van der Waals surface area contributed by atoms with E-state index in [2.05, 4.69) is 25.4 Å². The zero-order valence-corrected chi connectivity index (χ0v) is 17.0. The first-order valence-corrected chi connectivity index (χ1v) is 9.36. The van der Waals surface area contributed by atoms with Crippen LogP contribution in [0.3, 0.4) is 0 Å². The fraction of sp³-hybridized carbons (Fsp3) is 0.286.